The van der Waals surface area contributed by atoms with Gasteiger partial charge in [-0.1, -0.05) is 11.3 Å². The largest absolute Gasteiger partial charge is 0.464 e. The van der Waals surface area contributed by atoms with Gasteiger partial charge >= 0.3 is 12.1 Å². The van der Waals surface area contributed by atoms with Gasteiger partial charge in [0.15, 0.2) is 11.5 Å². The van der Waals surface area contributed by atoms with Crippen molar-refractivity contribution in [3.05, 3.63) is 35.8 Å². The van der Waals surface area contributed by atoms with Gasteiger partial charge in [-0.3, -0.25) is 0 Å². The molecule has 0 saturated heterocycles. The second kappa shape index (κ2) is 5.27. The molecule has 6 nitrogen and oxygen atoms in total. The molecular weight excluding hydrogens is 277 g/mol. The predicted molar refractivity (Wildman–Crippen MR) is 60.3 cm³/mol. The van der Waals surface area contributed by atoms with Crippen LogP contribution in [0.25, 0.3) is 5.82 Å². The van der Waals surface area contributed by atoms with Crippen LogP contribution in [0.15, 0.2) is 24.4 Å². The number of carbonyl (C=O) groups is 1. The molecule has 0 unspecified atom stereocenters. The smallest absolute Gasteiger partial charge is 0.394 e. The lowest BCUT2D eigenvalue weighted by Crippen LogP contribution is -2.18. The van der Waals surface area contributed by atoms with Crippen LogP contribution in [0.3, 0.4) is 0 Å². The number of hydrogen-bond donors (Lipinski definition) is 0. The summed E-state index contributed by atoms with van der Waals surface area (Å²) in [7, 11) is 1.06. The molecule has 0 fully saturated rings. The Balaban J connectivity index is 2.53. The molecule has 20 heavy (non-hydrogen) atoms. The zero-order chi connectivity index (χ0) is 14.8. The van der Waals surface area contributed by atoms with Crippen molar-refractivity contribution in [1.29, 1.82) is 0 Å². The summed E-state index contributed by atoms with van der Waals surface area (Å²) < 4.78 is 43.1. The third-order valence-corrected chi connectivity index (χ3v) is 2.38. The fourth-order valence-electron chi connectivity index (χ4n) is 1.57. The summed E-state index contributed by atoms with van der Waals surface area (Å²) >= 11 is 0. The van der Waals surface area contributed by atoms with Crippen LogP contribution in [0.2, 0.25) is 0 Å². The summed E-state index contributed by atoms with van der Waals surface area (Å²) in [5.41, 5.74) is -0.890. The van der Waals surface area contributed by atoms with Crippen LogP contribution in [-0.4, -0.2) is 39.2 Å². The molecule has 0 aromatic carbocycles. The topological polar surface area (TPSA) is 69.9 Å². The Hall–Kier alpha value is -2.45. The summed E-state index contributed by atoms with van der Waals surface area (Å²) in [6, 6.07) is 4.64. The lowest BCUT2D eigenvalue weighted by Gasteiger charge is -2.09. The number of esters is 1. The lowest BCUT2D eigenvalue weighted by molar-refractivity contribution is -0.128. The Bertz CT molecular complexity index is 610. The minimum absolute atomic E-state index is 0.134. The Morgan fingerprint density at radius 3 is 2.70 bits per heavy atom. The summed E-state index contributed by atoms with van der Waals surface area (Å²) in [6.45, 7) is 0. The van der Waals surface area contributed by atoms with E-state index < -0.39 is 30.0 Å². The molecule has 0 spiro atoms. The third-order valence-electron chi connectivity index (χ3n) is 2.38. The Morgan fingerprint density at radius 2 is 2.15 bits per heavy atom. The van der Waals surface area contributed by atoms with Crippen LogP contribution >= 0.6 is 0 Å². The minimum atomic E-state index is -4.52. The van der Waals surface area contributed by atoms with E-state index in [1.54, 1.807) is 12.1 Å². The average molecular weight is 286 g/mol. The molecule has 0 N–H and O–H groups in total. The minimum Gasteiger partial charge on any atom is -0.464 e. The Kier molecular flexibility index (Phi) is 3.68. The van der Waals surface area contributed by atoms with E-state index in [9.17, 15) is 18.0 Å². The highest BCUT2D eigenvalue weighted by Gasteiger charge is 2.34. The normalized spacial score (nSPS) is 11.4. The number of nitrogens with zero attached hydrogens (tertiary/aromatic N) is 4. The van der Waals surface area contributed by atoms with Crippen LogP contribution in [0.4, 0.5) is 13.2 Å². The van der Waals surface area contributed by atoms with Crippen LogP contribution in [0.5, 0.6) is 0 Å². The van der Waals surface area contributed by atoms with Gasteiger partial charge in [-0.05, 0) is 12.1 Å². The van der Waals surface area contributed by atoms with E-state index in [0.29, 0.717) is 0 Å². The van der Waals surface area contributed by atoms with E-state index in [0.717, 1.165) is 11.8 Å². The number of rotatable bonds is 3. The first kappa shape index (κ1) is 14.0. The molecule has 0 radical (unpaired) electrons. The van der Waals surface area contributed by atoms with Crippen molar-refractivity contribution in [3.63, 3.8) is 0 Å². The molecule has 0 bridgehead atoms. The fraction of sp³-hybridized carbons (Fsp3) is 0.273. The molecule has 0 aliphatic heterocycles. The van der Waals surface area contributed by atoms with Gasteiger partial charge in [0.2, 0.25) is 0 Å². The zero-order valence-electron chi connectivity index (χ0n) is 10.3. The molecule has 2 aromatic rings. The molecule has 2 rings (SSSR count). The molecule has 2 aromatic heterocycles. The van der Waals surface area contributed by atoms with Crippen LogP contribution < -0.4 is 0 Å². The second-order valence-corrected chi connectivity index (χ2v) is 3.77. The molecule has 2 heterocycles. The van der Waals surface area contributed by atoms with Gasteiger partial charge in [-0.2, -0.15) is 17.9 Å². The van der Waals surface area contributed by atoms with E-state index in [4.69, 9.17) is 0 Å². The third kappa shape index (κ3) is 2.92. The van der Waals surface area contributed by atoms with Gasteiger partial charge in [0.25, 0.3) is 0 Å². The highest BCUT2D eigenvalue weighted by molar-refractivity contribution is 5.88. The number of carbonyl (C=O) groups excluding carboxylic acids is 1. The molecule has 0 aliphatic rings. The lowest BCUT2D eigenvalue weighted by atomic mass is 10.2. The van der Waals surface area contributed by atoms with Gasteiger partial charge in [0.05, 0.1) is 19.2 Å². The van der Waals surface area contributed by atoms with E-state index in [-0.39, 0.29) is 5.82 Å². The van der Waals surface area contributed by atoms with Crippen molar-refractivity contribution in [2.45, 2.75) is 12.6 Å². The molecule has 0 saturated carbocycles. The van der Waals surface area contributed by atoms with Crippen LogP contribution in [0.1, 0.15) is 16.2 Å². The SMILES string of the molecule is COC(=O)c1nnn(-c2ccccn2)c1CC(F)(F)F. The van der Waals surface area contributed by atoms with Gasteiger partial charge in [-0.15, -0.1) is 5.10 Å². The van der Waals surface area contributed by atoms with E-state index in [1.165, 1.54) is 12.3 Å². The van der Waals surface area contributed by atoms with Crippen molar-refractivity contribution in [3.8, 4) is 5.82 Å². The molecule has 0 atom stereocenters. The van der Waals surface area contributed by atoms with Crippen molar-refractivity contribution >= 4 is 5.97 Å². The highest BCUT2D eigenvalue weighted by Crippen LogP contribution is 2.24. The number of ether oxygens (including phenoxy) is 1. The molecular formula is C11H9F3N4O2. The monoisotopic (exact) mass is 286 g/mol. The first-order valence-electron chi connectivity index (χ1n) is 5.43. The predicted octanol–water partition coefficient (Wildman–Crippen LogP) is 1.55. The maximum Gasteiger partial charge on any atom is 0.394 e. The first-order valence-corrected chi connectivity index (χ1v) is 5.43. The highest BCUT2D eigenvalue weighted by atomic mass is 19.4. The number of alkyl halides is 3. The number of halogens is 3. The van der Waals surface area contributed by atoms with Gasteiger partial charge in [0, 0.05) is 6.20 Å². The van der Waals surface area contributed by atoms with Crippen LogP contribution in [0, 0.1) is 0 Å². The van der Waals surface area contributed by atoms with Crippen molar-refractivity contribution in [2.24, 2.45) is 0 Å². The molecule has 0 aliphatic carbocycles. The fourth-order valence-corrected chi connectivity index (χ4v) is 1.57. The van der Waals surface area contributed by atoms with Gasteiger partial charge in [-0.25, -0.2) is 9.78 Å². The zero-order valence-corrected chi connectivity index (χ0v) is 10.3. The quantitative estimate of drug-likeness (QED) is 0.801. The maximum atomic E-state index is 12.6. The maximum absolute atomic E-state index is 12.6. The summed E-state index contributed by atoms with van der Waals surface area (Å²) in [6.07, 6.45) is -4.48. The van der Waals surface area contributed by atoms with E-state index in [1.807, 2.05) is 0 Å². The average Bonchev–Trinajstić information content (AvgIpc) is 2.80. The first-order chi connectivity index (χ1) is 9.42. The van der Waals surface area contributed by atoms with Crippen molar-refractivity contribution < 1.29 is 22.7 Å². The van der Waals surface area contributed by atoms with Gasteiger partial charge < -0.3 is 4.74 Å². The van der Waals surface area contributed by atoms with E-state index >= 15 is 0 Å². The summed E-state index contributed by atoms with van der Waals surface area (Å²) in [5.74, 6) is -0.846. The van der Waals surface area contributed by atoms with Gasteiger partial charge in [0.1, 0.15) is 0 Å². The standard InChI is InChI=1S/C11H9F3N4O2/c1-20-10(19)9-7(6-11(12,13)14)18(17-16-9)8-4-2-3-5-15-8/h2-5H,6H2,1H3. The van der Waals surface area contributed by atoms with E-state index in [2.05, 4.69) is 20.0 Å². The Morgan fingerprint density at radius 1 is 1.40 bits per heavy atom. The molecule has 106 valence electrons. The number of hydrogen-bond acceptors (Lipinski definition) is 5. The molecule has 9 heteroatoms. The summed E-state index contributed by atoms with van der Waals surface area (Å²) in [4.78, 5) is 15.3. The number of pyridine rings is 1. The number of methoxy groups -OCH3 is 1. The van der Waals surface area contributed by atoms with Crippen LogP contribution in [-0.2, 0) is 11.2 Å². The molecule has 0 amide bonds. The van der Waals surface area contributed by atoms with Crippen molar-refractivity contribution in [2.75, 3.05) is 7.11 Å². The number of aromatic nitrogens is 4. The Labute approximate surface area is 111 Å². The summed E-state index contributed by atoms with van der Waals surface area (Å²) in [5, 5.41) is 6.99. The second-order valence-electron chi connectivity index (χ2n) is 3.77. The van der Waals surface area contributed by atoms with Crippen molar-refractivity contribution in [1.82, 2.24) is 20.0 Å².